The van der Waals surface area contributed by atoms with Gasteiger partial charge in [-0.15, -0.1) is 0 Å². The van der Waals surface area contributed by atoms with Crippen LogP contribution in [0.3, 0.4) is 0 Å². The summed E-state index contributed by atoms with van der Waals surface area (Å²) in [5.41, 5.74) is 12.4. The van der Waals surface area contributed by atoms with Gasteiger partial charge in [0.05, 0.1) is 5.70 Å². The number of rotatable bonds is 7. The highest BCUT2D eigenvalue weighted by Gasteiger charge is 2.15. The lowest BCUT2D eigenvalue weighted by molar-refractivity contribution is 1.07. The summed E-state index contributed by atoms with van der Waals surface area (Å²) in [6.45, 7) is 4.16. The second-order valence-electron chi connectivity index (χ2n) is 12.6. The summed E-state index contributed by atoms with van der Waals surface area (Å²) in [6.07, 6.45) is 12.5. The Morgan fingerprint density at radius 3 is 1.41 bits per heavy atom. The molecular weight excluding hydrogens is 625 g/mol. The van der Waals surface area contributed by atoms with Gasteiger partial charge in [-0.2, -0.15) is 0 Å². The van der Waals surface area contributed by atoms with E-state index in [4.69, 9.17) is 15.0 Å². The zero-order chi connectivity index (χ0) is 34.6. The lowest BCUT2D eigenvalue weighted by Gasteiger charge is -2.13. The van der Waals surface area contributed by atoms with Gasteiger partial charge in [-0.1, -0.05) is 120 Å². The van der Waals surface area contributed by atoms with E-state index in [-0.39, 0.29) is 0 Å². The second-order valence-corrected chi connectivity index (χ2v) is 12.6. The molecule has 0 bridgehead atoms. The average Bonchev–Trinajstić information content (AvgIpc) is 3.49. The maximum atomic E-state index is 5.09. The van der Waals surface area contributed by atoms with Crippen LogP contribution in [0.4, 0.5) is 0 Å². The molecule has 0 amide bonds. The number of hydrogen-bond donors (Lipinski definition) is 0. The van der Waals surface area contributed by atoms with Crippen LogP contribution in [0.15, 0.2) is 157 Å². The molecule has 0 spiro atoms. The minimum Gasteiger partial charge on any atom is -0.257 e. The van der Waals surface area contributed by atoms with Crippen LogP contribution < -0.4 is 0 Å². The molecule has 5 aromatic carbocycles. The molecule has 0 aliphatic carbocycles. The summed E-state index contributed by atoms with van der Waals surface area (Å²) >= 11 is 0. The number of aliphatic imine (C=N–C) groups is 1. The molecule has 8 rings (SSSR count). The number of benzene rings is 5. The molecule has 1 aliphatic heterocycles. The van der Waals surface area contributed by atoms with Gasteiger partial charge in [0.25, 0.3) is 0 Å². The van der Waals surface area contributed by atoms with Crippen molar-refractivity contribution in [3.05, 3.63) is 169 Å². The summed E-state index contributed by atoms with van der Waals surface area (Å²) in [7, 11) is 0. The number of allylic oxidation sites excluding steroid dienone is 3. The molecular formula is C45H34N6. The Morgan fingerprint density at radius 1 is 0.431 bits per heavy atom. The van der Waals surface area contributed by atoms with E-state index in [1.807, 2.05) is 18.4 Å². The van der Waals surface area contributed by atoms with Crippen LogP contribution in [-0.4, -0.2) is 31.1 Å². The lowest BCUT2D eigenvalue weighted by atomic mass is 9.94. The molecule has 3 heterocycles. The maximum Gasteiger partial charge on any atom is 0.164 e. The van der Waals surface area contributed by atoms with Crippen LogP contribution in [0.25, 0.3) is 73.5 Å². The van der Waals surface area contributed by atoms with Gasteiger partial charge in [0, 0.05) is 40.9 Å². The molecule has 0 N–H and O–H groups in total. The largest absolute Gasteiger partial charge is 0.257 e. The predicted octanol–water partition coefficient (Wildman–Crippen LogP) is 10.7. The van der Waals surface area contributed by atoms with Crippen molar-refractivity contribution in [1.82, 2.24) is 24.9 Å². The first-order chi connectivity index (χ1) is 25.1. The van der Waals surface area contributed by atoms with Gasteiger partial charge in [0.15, 0.2) is 23.3 Å². The Bertz CT molecular complexity index is 2350. The Morgan fingerprint density at radius 2 is 0.863 bits per heavy atom. The molecule has 7 aromatic rings. The second kappa shape index (κ2) is 14.1. The van der Waals surface area contributed by atoms with Gasteiger partial charge in [-0.25, -0.2) is 24.9 Å². The first-order valence-corrected chi connectivity index (χ1v) is 17.0. The van der Waals surface area contributed by atoms with E-state index in [0.29, 0.717) is 23.3 Å². The number of nitrogens with zero attached hydrogens (tertiary/aromatic N) is 6. The molecule has 0 saturated heterocycles. The van der Waals surface area contributed by atoms with E-state index in [1.165, 1.54) is 11.1 Å². The summed E-state index contributed by atoms with van der Waals surface area (Å²) in [5, 5.41) is 0. The fraction of sp³-hybridized carbons (Fsp3) is 0.0667. The zero-order valence-electron chi connectivity index (χ0n) is 28.4. The SMILES string of the molecule is Cc1ccc(-c2nc(-c3ccc(C)cc3)nc(-c3cc(-c4ccc(C5=CCC=CC=N5)cc4)cc(-c4ccc(-c5ncccn5)cc4)c3)n2)cc1. The summed E-state index contributed by atoms with van der Waals surface area (Å²) in [5.74, 6) is 2.56. The highest BCUT2D eigenvalue weighted by atomic mass is 15.0. The third-order valence-corrected chi connectivity index (χ3v) is 8.89. The van der Waals surface area contributed by atoms with Gasteiger partial charge in [-0.3, -0.25) is 4.99 Å². The molecule has 0 fully saturated rings. The van der Waals surface area contributed by atoms with Crippen molar-refractivity contribution in [3.63, 3.8) is 0 Å². The molecule has 6 heteroatoms. The van der Waals surface area contributed by atoms with E-state index >= 15 is 0 Å². The Kier molecular flexibility index (Phi) is 8.71. The van der Waals surface area contributed by atoms with Crippen molar-refractivity contribution in [1.29, 1.82) is 0 Å². The Labute approximate surface area is 297 Å². The number of aromatic nitrogens is 5. The number of hydrogen-bond acceptors (Lipinski definition) is 6. The Balaban J connectivity index is 1.27. The molecule has 0 unspecified atom stereocenters. The van der Waals surface area contributed by atoms with Crippen LogP contribution in [0, 0.1) is 13.8 Å². The normalized spacial score (nSPS) is 12.4. The molecule has 244 valence electrons. The van der Waals surface area contributed by atoms with Gasteiger partial charge in [-0.05, 0) is 78.4 Å². The molecule has 0 saturated carbocycles. The summed E-state index contributed by atoms with van der Waals surface area (Å²) in [4.78, 5) is 28.6. The van der Waals surface area contributed by atoms with Crippen LogP contribution in [0.1, 0.15) is 23.1 Å². The van der Waals surface area contributed by atoms with Gasteiger partial charge in [0.1, 0.15) is 0 Å². The van der Waals surface area contributed by atoms with E-state index in [2.05, 4.69) is 156 Å². The predicted molar refractivity (Wildman–Crippen MR) is 208 cm³/mol. The van der Waals surface area contributed by atoms with Crippen molar-refractivity contribution in [2.45, 2.75) is 20.3 Å². The van der Waals surface area contributed by atoms with E-state index < -0.39 is 0 Å². The minimum atomic E-state index is 0.607. The lowest BCUT2D eigenvalue weighted by Crippen LogP contribution is -2.00. The number of aryl methyl sites for hydroxylation is 2. The van der Waals surface area contributed by atoms with Crippen LogP contribution in [0.2, 0.25) is 0 Å². The van der Waals surface area contributed by atoms with Crippen molar-refractivity contribution in [3.8, 4) is 67.8 Å². The molecule has 0 atom stereocenters. The molecule has 6 nitrogen and oxygen atoms in total. The highest BCUT2D eigenvalue weighted by molar-refractivity contribution is 5.84. The van der Waals surface area contributed by atoms with Crippen molar-refractivity contribution in [2.24, 2.45) is 4.99 Å². The zero-order valence-corrected chi connectivity index (χ0v) is 28.4. The smallest absolute Gasteiger partial charge is 0.164 e. The fourth-order valence-electron chi connectivity index (χ4n) is 6.04. The van der Waals surface area contributed by atoms with Crippen molar-refractivity contribution < 1.29 is 0 Å². The van der Waals surface area contributed by atoms with Crippen LogP contribution >= 0.6 is 0 Å². The van der Waals surface area contributed by atoms with Crippen LogP contribution in [0.5, 0.6) is 0 Å². The van der Waals surface area contributed by atoms with E-state index in [9.17, 15) is 0 Å². The quantitative estimate of drug-likeness (QED) is 0.170. The molecule has 1 aliphatic rings. The first kappa shape index (κ1) is 31.6. The average molecular weight is 659 g/mol. The van der Waals surface area contributed by atoms with Crippen molar-refractivity contribution in [2.75, 3.05) is 0 Å². The van der Waals surface area contributed by atoms with Crippen LogP contribution in [-0.2, 0) is 0 Å². The summed E-state index contributed by atoms with van der Waals surface area (Å²) in [6, 6.07) is 42.0. The maximum absolute atomic E-state index is 5.09. The molecule has 0 radical (unpaired) electrons. The third kappa shape index (κ3) is 7.07. The summed E-state index contributed by atoms with van der Waals surface area (Å²) < 4.78 is 0. The van der Waals surface area contributed by atoms with Gasteiger partial charge >= 0.3 is 0 Å². The monoisotopic (exact) mass is 658 g/mol. The molecule has 51 heavy (non-hydrogen) atoms. The van der Waals surface area contributed by atoms with Crippen molar-refractivity contribution >= 4 is 11.9 Å². The third-order valence-electron chi connectivity index (χ3n) is 8.89. The minimum absolute atomic E-state index is 0.607. The van der Waals surface area contributed by atoms with Gasteiger partial charge < -0.3 is 0 Å². The topological polar surface area (TPSA) is 76.8 Å². The Hall–Kier alpha value is -6.66. The van der Waals surface area contributed by atoms with E-state index in [0.717, 1.165) is 62.2 Å². The first-order valence-electron chi connectivity index (χ1n) is 17.0. The van der Waals surface area contributed by atoms with Gasteiger partial charge in [0.2, 0.25) is 0 Å². The highest BCUT2D eigenvalue weighted by Crippen LogP contribution is 2.35. The van der Waals surface area contributed by atoms with E-state index in [1.54, 1.807) is 12.4 Å². The molecule has 2 aromatic heterocycles. The fourth-order valence-corrected chi connectivity index (χ4v) is 6.04. The standard InChI is InChI=1S/C45H34N6/c1-30-8-12-36(13-9-30)43-49-44(37-14-10-31(2)11-15-37)51-45(50-43)40-28-38(32-16-20-34(21-17-32)41-7-4-3-5-24-46-41)27-39(29-40)33-18-22-35(23-19-33)42-47-25-6-26-48-42/h3,5-29H,4H2,1-2H3.